The highest BCUT2D eigenvalue weighted by Crippen LogP contribution is 2.39. The van der Waals surface area contributed by atoms with Crippen LogP contribution in [0.3, 0.4) is 0 Å². The van der Waals surface area contributed by atoms with Gasteiger partial charge in [0.1, 0.15) is 6.54 Å². The van der Waals surface area contributed by atoms with E-state index in [9.17, 15) is 26.4 Å². The predicted molar refractivity (Wildman–Crippen MR) is 95.0 cm³/mol. The molecule has 0 spiro atoms. The van der Waals surface area contributed by atoms with Gasteiger partial charge in [-0.15, -0.1) is 12.4 Å². The molecular weight excluding hydrogens is 407 g/mol. The maximum atomic E-state index is 12.7. The maximum absolute atomic E-state index is 12.7. The lowest BCUT2D eigenvalue weighted by atomic mass is 9.98. The highest BCUT2D eigenvalue weighted by atomic mass is 35.5. The molecule has 1 aromatic rings. The third-order valence-corrected chi connectivity index (χ3v) is 6.93. The Labute approximate surface area is 161 Å². The topological polar surface area (TPSA) is 92.5 Å². The van der Waals surface area contributed by atoms with Crippen LogP contribution in [0.5, 0.6) is 0 Å². The Morgan fingerprint density at radius 2 is 1.81 bits per heavy atom. The molecule has 0 aromatic heterocycles. The molecule has 2 fully saturated rings. The van der Waals surface area contributed by atoms with Crippen molar-refractivity contribution < 1.29 is 26.4 Å². The molecule has 2 aliphatic rings. The largest absolute Gasteiger partial charge is 0.405 e. The van der Waals surface area contributed by atoms with Crippen molar-refractivity contribution in [1.29, 1.82) is 0 Å². The number of alkyl halides is 3. The van der Waals surface area contributed by atoms with Gasteiger partial charge in [0.05, 0.1) is 4.90 Å². The van der Waals surface area contributed by atoms with Gasteiger partial charge in [-0.3, -0.25) is 4.79 Å². The van der Waals surface area contributed by atoms with Crippen LogP contribution in [-0.2, 0) is 10.0 Å². The van der Waals surface area contributed by atoms with Crippen LogP contribution in [0.15, 0.2) is 29.2 Å². The van der Waals surface area contributed by atoms with Gasteiger partial charge in [-0.2, -0.15) is 17.5 Å². The number of carbonyl (C=O) groups is 1. The maximum Gasteiger partial charge on any atom is 0.405 e. The van der Waals surface area contributed by atoms with Gasteiger partial charge in [0.2, 0.25) is 10.0 Å². The lowest BCUT2D eigenvalue weighted by molar-refractivity contribution is -0.123. The Hall–Kier alpha value is -1.36. The fourth-order valence-electron chi connectivity index (χ4n) is 3.67. The molecule has 6 nitrogen and oxygen atoms in total. The summed E-state index contributed by atoms with van der Waals surface area (Å²) in [5.74, 6) is -0.475. The van der Waals surface area contributed by atoms with Gasteiger partial charge in [-0.25, -0.2) is 8.42 Å². The van der Waals surface area contributed by atoms with E-state index in [1.165, 1.54) is 28.6 Å². The predicted octanol–water partition coefficient (Wildman–Crippen LogP) is 1.76. The second-order valence-corrected chi connectivity index (χ2v) is 8.75. The molecule has 152 valence electrons. The number of halogens is 4. The zero-order valence-electron chi connectivity index (χ0n) is 14.3. The number of nitrogens with zero attached hydrogens (tertiary/aromatic N) is 1. The van der Waals surface area contributed by atoms with E-state index in [2.05, 4.69) is 0 Å². The molecule has 27 heavy (non-hydrogen) atoms. The molecule has 1 saturated heterocycles. The van der Waals surface area contributed by atoms with E-state index in [4.69, 9.17) is 5.73 Å². The SMILES string of the molecule is Cl.NC1CCC2CN(S(=O)(=O)c3ccc(C(=O)NCC(F)(F)F)cc3)CC12. The molecule has 3 atom stereocenters. The van der Waals surface area contributed by atoms with E-state index >= 15 is 0 Å². The van der Waals surface area contributed by atoms with Crippen LogP contribution in [0.4, 0.5) is 13.2 Å². The van der Waals surface area contributed by atoms with Crippen LogP contribution in [0, 0.1) is 11.8 Å². The van der Waals surface area contributed by atoms with E-state index in [1.54, 1.807) is 5.32 Å². The summed E-state index contributed by atoms with van der Waals surface area (Å²) in [7, 11) is -3.72. The van der Waals surface area contributed by atoms with Gasteiger partial charge in [-0.1, -0.05) is 0 Å². The summed E-state index contributed by atoms with van der Waals surface area (Å²) in [6.07, 6.45) is -2.69. The highest BCUT2D eigenvalue weighted by molar-refractivity contribution is 7.89. The molecule has 1 aromatic carbocycles. The molecular formula is C16H21ClF3N3O3S. The first-order chi connectivity index (χ1) is 12.1. The van der Waals surface area contributed by atoms with Gasteiger partial charge in [0, 0.05) is 24.7 Å². The van der Waals surface area contributed by atoms with Gasteiger partial charge in [0.25, 0.3) is 5.91 Å². The highest BCUT2D eigenvalue weighted by Gasteiger charge is 2.45. The van der Waals surface area contributed by atoms with E-state index in [0.29, 0.717) is 13.1 Å². The molecule has 11 heteroatoms. The van der Waals surface area contributed by atoms with Crippen LogP contribution in [0.25, 0.3) is 0 Å². The number of hydrogen-bond acceptors (Lipinski definition) is 4. The number of carbonyl (C=O) groups excluding carboxylic acids is 1. The van der Waals surface area contributed by atoms with Gasteiger partial charge in [0.15, 0.2) is 0 Å². The molecule has 1 aliphatic heterocycles. The fourth-order valence-corrected chi connectivity index (χ4v) is 5.21. The van der Waals surface area contributed by atoms with Crippen LogP contribution in [-0.4, -0.2) is 50.5 Å². The van der Waals surface area contributed by atoms with Crippen molar-refractivity contribution in [3.05, 3.63) is 29.8 Å². The summed E-state index contributed by atoms with van der Waals surface area (Å²) in [5.41, 5.74) is 6.00. The molecule has 1 heterocycles. The van der Waals surface area contributed by atoms with Gasteiger partial charge < -0.3 is 11.1 Å². The van der Waals surface area contributed by atoms with Crippen LogP contribution in [0.2, 0.25) is 0 Å². The first-order valence-electron chi connectivity index (χ1n) is 8.29. The third kappa shape index (κ3) is 4.74. The van der Waals surface area contributed by atoms with Crippen LogP contribution in [0.1, 0.15) is 23.2 Å². The molecule has 1 aliphatic carbocycles. The first-order valence-corrected chi connectivity index (χ1v) is 9.73. The molecule has 3 unspecified atom stereocenters. The zero-order chi connectivity index (χ0) is 19.1. The van der Waals surface area contributed by atoms with Crippen LogP contribution >= 0.6 is 12.4 Å². The lowest BCUT2D eigenvalue weighted by Crippen LogP contribution is -2.34. The van der Waals surface area contributed by atoms with Crippen molar-refractivity contribution in [2.45, 2.75) is 30.0 Å². The summed E-state index contributed by atoms with van der Waals surface area (Å²) < 4.78 is 63.3. The third-order valence-electron chi connectivity index (χ3n) is 5.08. The second-order valence-electron chi connectivity index (χ2n) is 6.81. The van der Waals surface area contributed by atoms with Crippen molar-refractivity contribution in [1.82, 2.24) is 9.62 Å². The average Bonchev–Trinajstić information content (AvgIpc) is 3.15. The number of sulfonamides is 1. The number of rotatable bonds is 4. The van der Waals surface area contributed by atoms with E-state index in [0.717, 1.165) is 12.8 Å². The van der Waals surface area contributed by atoms with Gasteiger partial charge in [-0.05, 0) is 48.9 Å². The molecule has 0 radical (unpaired) electrons. The van der Waals surface area contributed by atoms with Crippen molar-refractivity contribution >= 4 is 28.3 Å². The average molecular weight is 428 g/mol. The van der Waals surface area contributed by atoms with Crippen molar-refractivity contribution in [2.24, 2.45) is 17.6 Å². The summed E-state index contributed by atoms with van der Waals surface area (Å²) in [6, 6.07) is 4.92. The Morgan fingerprint density at radius 1 is 1.19 bits per heavy atom. The van der Waals surface area contributed by atoms with Crippen LogP contribution < -0.4 is 11.1 Å². The Morgan fingerprint density at radius 3 is 2.37 bits per heavy atom. The minimum absolute atomic E-state index is 0. The normalized spacial score (nSPS) is 25.7. The number of amides is 1. The van der Waals surface area contributed by atoms with E-state index < -0.39 is 28.7 Å². The smallest absolute Gasteiger partial charge is 0.343 e. The van der Waals surface area contributed by atoms with Crippen molar-refractivity contribution in [3.8, 4) is 0 Å². The number of fused-ring (bicyclic) bond motifs is 1. The fraction of sp³-hybridized carbons (Fsp3) is 0.562. The summed E-state index contributed by atoms with van der Waals surface area (Å²) in [4.78, 5) is 11.7. The minimum atomic E-state index is -4.51. The Kier molecular flexibility index (Phi) is 6.45. The number of hydrogen-bond donors (Lipinski definition) is 2. The monoisotopic (exact) mass is 427 g/mol. The minimum Gasteiger partial charge on any atom is -0.343 e. The Balaban J connectivity index is 0.00000261. The molecule has 0 bridgehead atoms. The standard InChI is InChI=1S/C16H20F3N3O3S.ClH/c17-16(18,19)9-21-15(23)10-1-4-12(5-2-10)26(24,25)22-7-11-3-6-14(20)13(11)8-22;/h1-2,4-5,11,13-14H,3,6-9,20H2,(H,21,23);1H. The zero-order valence-corrected chi connectivity index (χ0v) is 15.9. The molecule has 3 N–H and O–H groups in total. The first kappa shape index (κ1) is 21.9. The summed E-state index contributed by atoms with van der Waals surface area (Å²) in [5, 5.41) is 1.75. The Bertz CT molecular complexity index is 786. The molecule has 1 amide bonds. The number of nitrogens with two attached hydrogens (primary N) is 1. The number of nitrogens with one attached hydrogen (secondary N) is 1. The second kappa shape index (κ2) is 7.94. The van der Waals surface area contributed by atoms with E-state index in [-0.39, 0.29) is 40.7 Å². The van der Waals surface area contributed by atoms with Crippen molar-refractivity contribution in [2.75, 3.05) is 19.6 Å². The summed E-state index contributed by atoms with van der Waals surface area (Å²) >= 11 is 0. The summed E-state index contributed by atoms with van der Waals surface area (Å²) in [6.45, 7) is -0.640. The molecule has 3 rings (SSSR count). The quantitative estimate of drug-likeness (QED) is 0.765. The van der Waals surface area contributed by atoms with E-state index in [1.807, 2.05) is 0 Å². The van der Waals surface area contributed by atoms with Crippen molar-refractivity contribution in [3.63, 3.8) is 0 Å². The number of benzene rings is 1. The molecule has 1 saturated carbocycles. The van der Waals surface area contributed by atoms with Gasteiger partial charge >= 0.3 is 6.18 Å². The lowest BCUT2D eigenvalue weighted by Gasteiger charge is -2.18.